The van der Waals surface area contributed by atoms with Crippen LogP contribution in [-0.4, -0.2) is 4.98 Å². The second-order valence-corrected chi connectivity index (χ2v) is 4.27. The minimum absolute atomic E-state index is 0.425. The van der Waals surface area contributed by atoms with E-state index in [0.29, 0.717) is 5.58 Å². The molecular weight excluding hydrogens is 228 g/mol. The fraction of sp³-hybridized carbons (Fsp3) is 0.0714. The van der Waals surface area contributed by atoms with Gasteiger partial charge >= 0.3 is 5.76 Å². The smallest absolute Gasteiger partial charge is 0.408 e. The van der Waals surface area contributed by atoms with Gasteiger partial charge in [0, 0.05) is 5.69 Å². The summed E-state index contributed by atoms with van der Waals surface area (Å²) < 4.78 is 5.03. The van der Waals surface area contributed by atoms with Crippen molar-refractivity contribution in [2.24, 2.45) is 0 Å². The lowest BCUT2D eigenvalue weighted by molar-refractivity contribution is 0.555. The molecule has 3 aromatic rings. The van der Waals surface area contributed by atoms with Gasteiger partial charge in [0.25, 0.3) is 0 Å². The van der Waals surface area contributed by atoms with Gasteiger partial charge in [0.15, 0.2) is 5.58 Å². The third-order valence-corrected chi connectivity index (χ3v) is 2.84. The molecule has 0 aliphatic heterocycles. The number of aromatic nitrogens is 1. The Balaban J connectivity index is 1.97. The van der Waals surface area contributed by atoms with E-state index in [4.69, 9.17) is 10.2 Å². The van der Waals surface area contributed by atoms with Crippen LogP contribution in [-0.2, 0) is 6.42 Å². The molecule has 90 valence electrons. The van der Waals surface area contributed by atoms with Crippen LogP contribution in [0.3, 0.4) is 0 Å². The minimum Gasteiger partial charge on any atom is -0.408 e. The molecule has 0 spiro atoms. The number of oxazole rings is 1. The van der Waals surface area contributed by atoms with Crippen LogP contribution in [0, 0.1) is 0 Å². The molecule has 0 fully saturated rings. The van der Waals surface area contributed by atoms with Crippen molar-refractivity contribution in [1.29, 1.82) is 0 Å². The van der Waals surface area contributed by atoms with Crippen LogP contribution in [0.4, 0.5) is 5.69 Å². The number of rotatable bonds is 2. The van der Waals surface area contributed by atoms with Crippen molar-refractivity contribution >= 4 is 16.8 Å². The molecule has 0 aliphatic rings. The lowest BCUT2D eigenvalue weighted by Gasteiger charge is -2.02. The fourth-order valence-corrected chi connectivity index (χ4v) is 2.04. The van der Waals surface area contributed by atoms with E-state index in [1.165, 1.54) is 0 Å². The Morgan fingerprint density at radius 2 is 1.94 bits per heavy atom. The van der Waals surface area contributed by atoms with Crippen LogP contribution in [0.5, 0.6) is 0 Å². The zero-order valence-electron chi connectivity index (χ0n) is 9.64. The number of hydrogen-bond acceptors (Lipinski definition) is 3. The summed E-state index contributed by atoms with van der Waals surface area (Å²) in [6.07, 6.45) is 0.760. The van der Waals surface area contributed by atoms with E-state index in [1.54, 1.807) is 0 Å². The number of benzene rings is 2. The summed E-state index contributed by atoms with van der Waals surface area (Å²) in [5, 5.41) is 0. The number of nitrogens with one attached hydrogen (secondary N) is 1. The Morgan fingerprint density at radius 3 is 2.78 bits per heavy atom. The Morgan fingerprint density at radius 1 is 1.11 bits per heavy atom. The van der Waals surface area contributed by atoms with E-state index >= 15 is 0 Å². The zero-order chi connectivity index (χ0) is 12.5. The Labute approximate surface area is 103 Å². The van der Waals surface area contributed by atoms with Gasteiger partial charge in [-0.1, -0.05) is 18.2 Å². The van der Waals surface area contributed by atoms with E-state index in [1.807, 2.05) is 42.5 Å². The number of aromatic amines is 1. The zero-order valence-corrected chi connectivity index (χ0v) is 9.64. The first-order chi connectivity index (χ1) is 8.70. The SMILES string of the molecule is Nc1cccc(Cc2ccc3[nH]c(=O)oc3c2)c1. The molecule has 0 aliphatic carbocycles. The predicted octanol–water partition coefficient (Wildman–Crippen LogP) is 2.29. The molecule has 1 aromatic heterocycles. The highest BCUT2D eigenvalue weighted by Gasteiger charge is 2.03. The lowest BCUT2D eigenvalue weighted by atomic mass is 10.0. The van der Waals surface area contributed by atoms with Crippen LogP contribution in [0.2, 0.25) is 0 Å². The first-order valence-corrected chi connectivity index (χ1v) is 5.67. The summed E-state index contributed by atoms with van der Waals surface area (Å²) in [7, 11) is 0. The van der Waals surface area contributed by atoms with E-state index in [0.717, 1.165) is 28.8 Å². The highest BCUT2D eigenvalue weighted by molar-refractivity contribution is 5.72. The fourth-order valence-electron chi connectivity index (χ4n) is 2.04. The van der Waals surface area contributed by atoms with Crippen molar-refractivity contribution in [2.45, 2.75) is 6.42 Å². The Kier molecular flexibility index (Phi) is 2.41. The van der Waals surface area contributed by atoms with Crippen LogP contribution in [0.1, 0.15) is 11.1 Å². The second-order valence-electron chi connectivity index (χ2n) is 4.27. The third kappa shape index (κ3) is 2.00. The van der Waals surface area contributed by atoms with Crippen LogP contribution in [0.25, 0.3) is 11.1 Å². The number of hydrogen-bond donors (Lipinski definition) is 2. The van der Waals surface area contributed by atoms with Gasteiger partial charge in [-0.05, 0) is 41.8 Å². The normalized spacial score (nSPS) is 10.9. The maximum atomic E-state index is 11.1. The molecule has 1 heterocycles. The van der Waals surface area contributed by atoms with Crippen LogP contribution < -0.4 is 11.5 Å². The Hall–Kier alpha value is -2.49. The highest BCUT2D eigenvalue weighted by Crippen LogP contribution is 2.17. The maximum Gasteiger partial charge on any atom is 0.417 e. The third-order valence-electron chi connectivity index (χ3n) is 2.84. The lowest BCUT2D eigenvalue weighted by Crippen LogP contribution is -1.92. The standard InChI is InChI=1S/C14H12N2O2/c15-11-3-1-2-9(7-11)6-10-4-5-12-13(8-10)18-14(17)16-12/h1-5,7-8H,6,15H2,(H,16,17). The summed E-state index contributed by atoms with van der Waals surface area (Å²) in [5.41, 5.74) is 10.0. The van der Waals surface area contributed by atoms with E-state index in [-0.39, 0.29) is 0 Å². The summed E-state index contributed by atoms with van der Waals surface area (Å²) in [6.45, 7) is 0. The highest BCUT2D eigenvalue weighted by atomic mass is 16.4. The number of anilines is 1. The number of fused-ring (bicyclic) bond motifs is 1. The van der Waals surface area contributed by atoms with E-state index in [9.17, 15) is 4.79 Å². The predicted molar refractivity (Wildman–Crippen MR) is 70.5 cm³/mol. The Bertz CT molecular complexity index is 756. The molecule has 0 unspecified atom stereocenters. The molecule has 2 aromatic carbocycles. The average Bonchev–Trinajstić information content (AvgIpc) is 2.68. The molecule has 0 radical (unpaired) electrons. The van der Waals surface area contributed by atoms with Crippen molar-refractivity contribution < 1.29 is 4.42 Å². The molecule has 18 heavy (non-hydrogen) atoms. The number of H-pyrrole nitrogens is 1. The first kappa shape index (κ1) is 10.7. The molecule has 0 atom stereocenters. The van der Waals surface area contributed by atoms with Gasteiger partial charge in [0.05, 0.1) is 5.52 Å². The maximum absolute atomic E-state index is 11.1. The van der Waals surface area contributed by atoms with Gasteiger partial charge in [-0.2, -0.15) is 0 Å². The van der Waals surface area contributed by atoms with Crippen molar-refractivity contribution in [3.63, 3.8) is 0 Å². The van der Waals surface area contributed by atoms with Crippen molar-refractivity contribution in [1.82, 2.24) is 4.98 Å². The van der Waals surface area contributed by atoms with Gasteiger partial charge in [-0.3, -0.25) is 4.98 Å². The summed E-state index contributed by atoms with van der Waals surface area (Å²) in [5.74, 6) is -0.425. The molecule has 3 rings (SSSR count). The van der Waals surface area contributed by atoms with Gasteiger partial charge in [-0.15, -0.1) is 0 Å². The summed E-state index contributed by atoms with van der Waals surface area (Å²) in [6, 6.07) is 13.4. The molecule has 0 saturated heterocycles. The second kappa shape index (κ2) is 4.07. The summed E-state index contributed by atoms with van der Waals surface area (Å²) in [4.78, 5) is 13.7. The van der Waals surface area contributed by atoms with Crippen molar-refractivity contribution in [2.75, 3.05) is 5.73 Å². The van der Waals surface area contributed by atoms with Crippen molar-refractivity contribution in [3.05, 3.63) is 64.1 Å². The van der Waals surface area contributed by atoms with Gasteiger partial charge in [0.1, 0.15) is 0 Å². The van der Waals surface area contributed by atoms with E-state index in [2.05, 4.69) is 4.98 Å². The van der Waals surface area contributed by atoms with Crippen LogP contribution in [0.15, 0.2) is 51.7 Å². The van der Waals surface area contributed by atoms with Crippen LogP contribution >= 0.6 is 0 Å². The van der Waals surface area contributed by atoms with Gasteiger partial charge in [0.2, 0.25) is 0 Å². The molecule has 4 heteroatoms. The molecule has 4 nitrogen and oxygen atoms in total. The van der Waals surface area contributed by atoms with Crippen molar-refractivity contribution in [3.8, 4) is 0 Å². The number of nitrogen functional groups attached to an aromatic ring is 1. The molecule has 0 amide bonds. The quantitative estimate of drug-likeness (QED) is 0.675. The largest absolute Gasteiger partial charge is 0.417 e. The molecular formula is C14H12N2O2. The molecule has 3 N–H and O–H groups in total. The number of nitrogens with two attached hydrogens (primary N) is 1. The minimum atomic E-state index is -0.425. The van der Waals surface area contributed by atoms with Gasteiger partial charge in [-0.25, -0.2) is 4.79 Å². The molecule has 0 bridgehead atoms. The van der Waals surface area contributed by atoms with Gasteiger partial charge < -0.3 is 10.2 Å². The first-order valence-electron chi connectivity index (χ1n) is 5.67. The topological polar surface area (TPSA) is 72.0 Å². The monoisotopic (exact) mass is 240 g/mol. The van der Waals surface area contributed by atoms with E-state index < -0.39 is 5.76 Å². The summed E-state index contributed by atoms with van der Waals surface area (Å²) >= 11 is 0. The molecule has 0 saturated carbocycles. The average molecular weight is 240 g/mol.